The van der Waals surface area contributed by atoms with Gasteiger partial charge in [0.05, 0.1) is 0 Å². The highest BCUT2D eigenvalue weighted by atomic mass is 16.5. The van der Waals surface area contributed by atoms with E-state index in [0.29, 0.717) is 6.61 Å². The Balaban J connectivity index is 0.00000193. The third-order valence-corrected chi connectivity index (χ3v) is 6.43. The van der Waals surface area contributed by atoms with Crippen LogP contribution in [0.25, 0.3) is 39.1 Å². The first-order valence-electron chi connectivity index (χ1n) is 10.3. The van der Waals surface area contributed by atoms with Gasteiger partial charge in [-0.2, -0.15) is 0 Å². The van der Waals surface area contributed by atoms with Crippen molar-refractivity contribution >= 4 is 16.8 Å². The molecule has 0 N–H and O–H groups in total. The third-order valence-electron chi connectivity index (χ3n) is 6.43. The number of hydrogen-bond acceptors (Lipinski definition) is 1. The molecule has 0 atom stereocenters. The van der Waals surface area contributed by atoms with Gasteiger partial charge in [-0.05, 0) is 76.2 Å². The van der Waals surface area contributed by atoms with Crippen molar-refractivity contribution in [3.05, 3.63) is 94.6 Å². The molecule has 6 rings (SSSR count). The van der Waals surface area contributed by atoms with Crippen molar-refractivity contribution in [2.45, 2.75) is 27.7 Å². The summed E-state index contributed by atoms with van der Waals surface area (Å²) in [6, 6.07) is 22.3. The van der Waals surface area contributed by atoms with Crippen LogP contribution in [0.3, 0.4) is 0 Å². The van der Waals surface area contributed by atoms with Gasteiger partial charge in [-0.3, -0.25) is 0 Å². The van der Waals surface area contributed by atoms with Crippen LogP contribution in [0.5, 0.6) is 5.75 Å². The zero-order valence-electron chi connectivity index (χ0n) is 16.8. The van der Waals surface area contributed by atoms with Gasteiger partial charge in [0.15, 0.2) is 0 Å². The second kappa shape index (κ2) is 6.88. The van der Waals surface area contributed by atoms with Gasteiger partial charge in [0, 0.05) is 10.9 Å². The predicted octanol–water partition coefficient (Wildman–Crippen LogP) is 7.74. The van der Waals surface area contributed by atoms with Crippen LogP contribution in [-0.2, 0) is 6.42 Å². The molecule has 0 unspecified atom stereocenters. The van der Waals surface area contributed by atoms with E-state index >= 15 is 0 Å². The van der Waals surface area contributed by atoms with E-state index in [2.05, 4.69) is 86.7 Å². The number of aryl methyl sites for hydroxylation is 2. The largest absolute Gasteiger partial charge is 0.488 e. The summed E-state index contributed by atoms with van der Waals surface area (Å²) in [6.45, 7) is 5.06. The maximum Gasteiger partial charge on any atom is 0.135 e. The summed E-state index contributed by atoms with van der Waals surface area (Å²) in [6.07, 6.45) is 5.34. The average Bonchev–Trinajstić information content (AvgIpc) is 3.13. The summed E-state index contributed by atoms with van der Waals surface area (Å²) in [5.41, 5.74) is 12.2. The summed E-state index contributed by atoms with van der Waals surface area (Å²) in [5.74, 6) is 1.05. The van der Waals surface area contributed by atoms with E-state index in [-0.39, 0.29) is 7.43 Å². The molecule has 1 heterocycles. The molecule has 0 aromatic heterocycles. The first-order valence-corrected chi connectivity index (χ1v) is 10.3. The lowest BCUT2D eigenvalue weighted by molar-refractivity contribution is 0.362. The maximum atomic E-state index is 6.10. The Morgan fingerprint density at radius 2 is 1.57 bits per heavy atom. The van der Waals surface area contributed by atoms with Gasteiger partial charge in [0.1, 0.15) is 12.4 Å². The lowest BCUT2D eigenvalue weighted by Gasteiger charge is -2.19. The van der Waals surface area contributed by atoms with E-state index in [1.165, 1.54) is 60.8 Å². The minimum absolute atomic E-state index is 0. The van der Waals surface area contributed by atoms with Crippen LogP contribution in [0.15, 0.2) is 66.7 Å². The zero-order chi connectivity index (χ0) is 19.5. The molecule has 0 saturated carbocycles. The highest BCUT2D eigenvalue weighted by Crippen LogP contribution is 2.49. The second-order valence-corrected chi connectivity index (χ2v) is 8.17. The van der Waals surface area contributed by atoms with Gasteiger partial charge in [-0.25, -0.2) is 0 Å². The van der Waals surface area contributed by atoms with Crippen LogP contribution < -0.4 is 4.74 Å². The van der Waals surface area contributed by atoms with Crippen molar-refractivity contribution in [3.8, 4) is 28.0 Å². The number of hydrogen-bond donors (Lipinski definition) is 0. The van der Waals surface area contributed by atoms with E-state index < -0.39 is 0 Å². The van der Waals surface area contributed by atoms with E-state index in [9.17, 15) is 0 Å². The van der Waals surface area contributed by atoms with Crippen LogP contribution in [0, 0.1) is 13.8 Å². The van der Waals surface area contributed by atoms with Crippen molar-refractivity contribution in [2.24, 2.45) is 0 Å². The van der Waals surface area contributed by atoms with Gasteiger partial charge >= 0.3 is 0 Å². The molecule has 0 spiro atoms. The molecule has 1 heteroatoms. The Morgan fingerprint density at radius 1 is 0.800 bits per heavy atom. The van der Waals surface area contributed by atoms with Crippen LogP contribution >= 0.6 is 0 Å². The molecule has 0 radical (unpaired) electrons. The van der Waals surface area contributed by atoms with Crippen molar-refractivity contribution in [2.75, 3.05) is 6.61 Å². The van der Waals surface area contributed by atoms with Gasteiger partial charge < -0.3 is 4.74 Å². The molecule has 1 aliphatic carbocycles. The fraction of sp³-hybridized carbons (Fsp3) is 0.172. The Hall–Kier alpha value is -3.32. The Morgan fingerprint density at radius 3 is 2.37 bits per heavy atom. The number of rotatable bonds is 1. The molecule has 1 nitrogen and oxygen atoms in total. The molecule has 0 fully saturated rings. The third kappa shape index (κ3) is 2.55. The first kappa shape index (κ1) is 18.7. The van der Waals surface area contributed by atoms with Gasteiger partial charge in [0.25, 0.3) is 0 Å². The normalized spacial score (nSPS) is 13.3. The zero-order valence-corrected chi connectivity index (χ0v) is 16.8. The lowest BCUT2D eigenvalue weighted by Crippen LogP contribution is -2.04. The van der Waals surface area contributed by atoms with Crippen molar-refractivity contribution in [1.82, 2.24) is 0 Å². The minimum atomic E-state index is 0. The Bertz CT molecular complexity index is 1320. The molecule has 148 valence electrons. The SMILES string of the molecule is C.Cc1cccc(C)c1-c1ccc2c(c1)Cc1c3c(c4ccccc4c1-2)OCC=C3. The lowest BCUT2D eigenvalue weighted by atomic mass is 9.91. The summed E-state index contributed by atoms with van der Waals surface area (Å²) < 4.78 is 6.10. The van der Waals surface area contributed by atoms with Gasteiger partial charge in [-0.1, -0.05) is 74.2 Å². The first-order chi connectivity index (χ1) is 14.2. The number of benzene rings is 4. The second-order valence-electron chi connectivity index (χ2n) is 8.17. The van der Waals surface area contributed by atoms with E-state index in [4.69, 9.17) is 4.74 Å². The molecular weight excluding hydrogens is 364 g/mol. The molecule has 0 amide bonds. The van der Waals surface area contributed by atoms with Crippen molar-refractivity contribution in [3.63, 3.8) is 0 Å². The summed E-state index contributed by atoms with van der Waals surface area (Å²) in [4.78, 5) is 0. The number of ether oxygens (including phenoxy) is 1. The summed E-state index contributed by atoms with van der Waals surface area (Å²) >= 11 is 0. The minimum Gasteiger partial charge on any atom is -0.488 e. The van der Waals surface area contributed by atoms with Crippen molar-refractivity contribution in [1.29, 1.82) is 0 Å². The molecule has 4 aromatic rings. The molecule has 2 aliphatic rings. The fourth-order valence-corrected chi connectivity index (χ4v) is 5.20. The molecule has 4 aromatic carbocycles. The standard InChI is InChI=1S/C28H22O.CH4/c1-17-7-5-8-18(2)26(17)19-12-13-21-20(15-19)16-25-24-11-6-14-29-28(24)23-10-4-3-9-22(23)27(21)25;/h3-13,15H,14,16H2,1-2H3;1H4. The quantitative estimate of drug-likeness (QED) is 0.284. The Kier molecular flexibility index (Phi) is 4.29. The van der Waals surface area contributed by atoms with E-state index in [1.807, 2.05) is 0 Å². The van der Waals surface area contributed by atoms with Crippen LogP contribution in [0.2, 0.25) is 0 Å². The molecule has 0 saturated heterocycles. The van der Waals surface area contributed by atoms with Crippen LogP contribution in [0.1, 0.15) is 35.2 Å². The van der Waals surface area contributed by atoms with Gasteiger partial charge in [0.2, 0.25) is 0 Å². The molecule has 1 aliphatic heterocycles. The highest BCUT2D eigenvalue weighted by molar-refractivity contribution is 6.07. The average molecular weight is 391 g/mol. The Labute approximate surface area is 178 Å². The summed E-state index contributed by atoms with van der Waals surface area (Å²) in [7, 11) is 0. The highest BCUT2D eigenvalue weighted by Gasteiger charge is 2.28. The van der Waals surface area contributed by atoms with Crippen molar-refractivity contribution < 1.29 is 4.74 Å². The van der Waals surface area contributed by atoms with Crippen LogP contribution in [-0.4, -0.2) is 6.61 Å². The smallest absolute Gasteiger partial charge is 0.135 e. The molecular formula is C29H26O. The van der Waals surface area contributed by atoms with Crippen LogP contribution in [0.4, 0.5) is 0 Å². The summed E-state index contributed by atoms with van der Waals surface area (Å²) in [5, 5.41) is 2.52. The predicted molar refractivity (Wildman–Crippen MR) is 128 cm³/mol. The molecule has 30 heavy (non-hydrogen) atoms. The fourth-order valence-electron chi connectivity index (χ4n) is 5.20. The van der Waals surface area contributed by atoms with E-state index in [1.54, 1.807) is 0 Å². The molecule has 0 bridgehead atoms. The maximum absolute atomic E-state index is 6.10. The number of fused-ring (bicyclic) bond motifs is 8. The monoisotopic (exact) mass is 390 g/mol. The topological polar surface area (TPSA) is 9.23 Å². The van der Waals surface area contributed by atoms with E-state index in [0.717, 1.165) is 12.2 Å². The van der Waals surface area contributed by atoms with Gasteiger partial charge in [-0.15, -0.1) is 0 Å².